The van der Waals surface area contributed by atoms with Crippen molar-refractivity contribution in [2.24, 2.45) is 0 Å². The van der Waals surface area contributed by atoms with Gasteiger partial charge in [-0.15, -0.1) is 0 Å². The minimum atomic E-state index is 0.0000453. The maximum atomic E-state index is 11.3. The zero-order valence-electron chi connectivity index (χ0n) is 12.5. The zero-order chi connectivity index (χ0) is 15.2. The third-order valence-corrected chi connectivity index (χ3v) is 3.24. The Balaban J connectivity index is 1.98. The van der Waals surface area contributed by atoms with Crippen LogP contribution >= 0.6 is 0 Å². The van der Waals surface area contributed by atoms with E-state index >= 15 is 0 Å². The molecule has 2 aromatic rings. The fraction of sp³-hybridized carbons (Fsp3) is 0.235. The van der Waals surface area contributed by atoms with Crippen LogP contribution in [0, 0.1) is 0 Å². The van der Waals surface area contributed by atoms with E-state index in [-0.39, 0.29) is 5.91 Å². The lowest BCUT2D eigenvalue weighted by molar-refractivity contribution is -0.116. The van der Waals surface area contributed by atoms with Gasteiger partial charge < -0.3 is 14.4 Å². The fourth-order valence-corrected chi connectivity index (χ4v) is 1.88. The summed E-state index contributed by atoms with van der Waals surface area (Å²) in [5.74, 6) is 1.58. The summed E-state index contributed by atoms with van der Waals surface area (Å²) >= 11 is 0. The quantitative estimate of drug-likeness (QED) is 0.846. The van der Waals surface area contributed by atoms with Gasteiger partial charge in [0.1, 0.15) is 18.1 Å². The van der Waals surface area contributed by atoms with Crippen molar-refractivity contribution < 1.29 is 14.3 Å². The average molecular weight is 285 g/mol. The van der Waals surface area contributed by atoms with Crippen molar-refractivity contribution in [3.05, 3.63) is 54.1 Å². The van der Waals surface area contributed by atoms with E-state index < -0.39 is 0 Å². The SMILES string of the molecule is COc1cccc(COc2ccc(N(C)C(C)=O)cc2)c1. The maximum absolute atomic E-state index is 11.3. The Bertz CT molecular complexity index is 608. The molecule has 0 N–H and O–H groups in total. The van der Waals surface area contributed by atoms with Crippen LogP contribution in [0.2, 0.25) is 0 Å². The first kappa shape index (κ1) is 14.9. The number of amides is 1. The van der Waals surface area contributed by atoms with E-state index in [4.69, 9.17) is 9.47 Å². The standard InChI is InChI=1S/C17H19NO3/c1-13(19)18(2)15-7-9-16(10-8-15)21-12-14-5-4-6-17(11-14)20-3/h4-11H,12H2,1-3H3. The van der Waals surface area contributed by atoms with Crippen molar-refractivity contribution in [1.29, 1.82) is 0 Å². The number of carbonyl (C=O) groups is 1. The van der Waals surface area contributed by atoms with Gasteiger partial charge in [-0.05, 0) is 42.0 Å². The molecule has 0 bridgehead atoms. The number of hydrogen-bond acceptors (Lipinski definition) is 3. The summed E-state index contributed by atoms with van der Waals surface area (Å²) < 4.78 is 10.9. The van der Waals surface area contributed by atoms with Gasteiger partial charge in [0.15, 0.2) is 0 Å². The van der Waals surface area contributed by atoms with E-state index in [0.717, 1.165) is 22.7 Å². The third-order valence-electron chi connectivity index (χ3n) is 3.24. The number of carbonyl (C=O) groups excluding carboxylic acids is 1. The molecule has 0 spiro atoms. The maximum Gasteiger partial charge on any atom is 0.223 e. The highest BCUT2D eigenvalue weighted by atomic mass is 16.5. The van der Waals surface area contributed by atoms with Gasteiger partial charge >= 0.3 is 0 Å². The van der Waals surface area contributed by atoms with Crippen LogP contribution in [-0.4, -0.2) is 20.1 Å². The van der Waals surface area contributed by atoms with Crippen molar-refractivity contribution >= 4 is 11.6 Å². The Labute approximate surface area is 124 Å². The van der Waals surface area contributed by atoms with Crippen molar-refractivity contribution in [2.45, 2.75) is 13.5 Å². The molecular formula is C17H19NO3. The van der Waals surface area contributed by atoms with Gasteiger partial charge in [0.25, 0.3) is 0 Å². The lowest BCUT2D eigenvalue weighted by Gasteiger charge is -2.15. The molecule has 21 heavy (non-hydrogen) atoms. The lowest BCUT2D eigenvalue weighted by Crippen LogP contribution is -2.22. The Kier molecular flexibility index (Phi) is 4.82. The van der Waals surface area contributed by atoms with Gasteiger partial charge in [-0.25, -0.2) is 0 Å². The second-order valence-electron chi connectivity index (χ2n) is 4.71. The predicted molar refractivity (Wildman–Crippen MR) is 82.9 cm³/mol. The molecule has 0 fully saturated rings. The van der Waals surface area contributed by atoms with E-state index in [1.165, 1.54) is 6.92 Å². The second-order valence-corrected chi connectivity index (χ2v) is 4.71. The minimum Gasteiger partial charge on any atom is -0.497 e. The van der Waals surface area contributed by atoms with Crippen LogP contribution in [0.25, 0.3) is 0 Å². The van der Waals surface area contributed by atoms with Crippen LogP contribution < -0.4 is 14.4 Å². The highest BCUT2D eigenvalue weighted by Crippen LogP contribution is 2.20. The molecule has 0 radical (unpaired) electrons. The molecule has 1 amide bonds. The molecule has 0 aliphatic rings. The molecular weight excluding hydrogens is 266 g/mol. The van der Waals surface area contributed by atoms with E-state index in [1.807, 2.05) is 48.5 Å². The van der Waals surface area contributed by atoms with Gasteiger partial charge in [0.05, 0.1) is 7.11 Å². The number of benzene rings is 2. The van der Waals surface area contributed by atoms with Crippen LogP contribution in [0.3, 0.4) is 0 Å². The van der Waals surface area contributed by atoms with E-state index in [2.05, 4.69) is 0 Å². The topological polar surface area (TPSA) is 38.8 Å². The van der Waals surface area contributed by atoms with Crippen LogP contribution in [-0.2, 0) is 11.4 Å². The number of methoxy groups -OCH3 is 1. The van der Waals surface area contributed by atoms with Crippen LogP contribution in [0.1, 0.15) is 12.5 Å². The summed E-state index contributed by atoms with van der Waals surface area (Å²) in [7, 11) is 3.39. The normalized spacial score (nSPS) is 10.0. The zero-order valence-corrected chi connectivity index (χ0v) is 12.5. The van der Waals surface area contributed by atoms with Gasteiger partial charge in [0, 0.05) is 19.7 Å². The molecule has 0 saturated carbocycles. The van der Waals surface area contributed by atoms with E-state index in [0.29, 0.717) is 6.61 Å². The van der Waals surface area contributed by atoms with Gasteiger partial charge in [-0.3, -0.25) is 4.79 Å². The monoisotopic (exact) mass is 285 g/mol. The summed E-state index contributed by atoms with van der Waals surface area (Å²) in [6.07, 6.45) is 0. The molecule has 110 valence electrons. The Morgan fingerprint density at radius 1 is 1.10 bits per heavy atom. The molecule has 2 rings (SSSR count). The number of nitrogens with zero attached hydrogens (tertiary/aromatic N) is 1. The molecule has 0 aliphatic heterocycles. The predicted octanol–water partition coefficient (Wildman–Crippen LogP) is 3.26. The smallest absolute Gasteiger partial charge is 0.223 e. The van der Waals surface area contributed by atoms with Crippen molar-refractivity contribution in [1.82, 2.24) is 0 Å². The average Bonchev–Trinajstić information content (AvgIpc) is 2.53. The first-order chi connectivity index (χ1) is 10.1. The number of anilines is 1. The molecule has 0 unspecified atom stereocenters. The third kappa shape index (κ3) is 3.99. The van der Waals surface area contributed by atoms with E-state index in [9.17, 15) is 4.79 Å². The molecule has 0 heterocycles. The van der Waals surface area contributed by atoms with E-state index in [1.54, 1.807) is 19.1 Å². The van der Waals surface area contributed by atoms with Crippen LogP contribution in [0.15, 0.2) is 48.5 Å². The van der Waals surface area contributed by atoms with Crippen molar-refractivity contribution in [3.8, 4) is 11.5 Å². The van der Waals surface area contributed by atoms with Gasteiger partial charge in [0.2, 0.25) is 5.91 Å². The summed E-state index contributed by atoms with van der Waals surface area (Å²) in [6.45, 7) is 2.01. The first-order valence-corrected chi connectivity index (χ1v) is 6.70. The molecule has 0 aliphatic carbocycles. The molecule has 2 aromatic carbocycles. The highest BCUT2D eigenvalue weighted by Gasteiger charge is 2.05. The Morgan fingerprint density at radius 3 is 2.43 bits per heavy atom. The number of ether oxygens (including phenoxy) is 2. The van der Waals surface area contributed by atoms with Crippen molar-refractivity contribution in [2.75, 3.05) is 19.1 Å². The molecule has 4 heteroatoms. The highest BCUT2D eigenvalue weighted by molar-refractivity contribution is 5.90. The van der Waals surface area contributed by atoms with Crippen LogP contribution in [0.4, 0.5) is 5.69 Å². The summed E-state index contributed by atoms with van der Waals surface area (Å²) in [4.78, 5) is 12.9. The fourth-order valence-electron chi connectivity index (χ4n) is 1.88. The number of rotatable bonds is 5. The number of hydrogen-bond donors (Lipinski definition) is 0. The molecule has 0 aromatic heterocycles. The van der Waals surface area contributed by atoms with Crippen LogP contribution in [0.5, 0.6) is 11.5 Å². The molecule has 0 atom stereocenters. The first-order valence-electron chi connectivity index (χ1n) is 6.70. The molecule has 0 saturated heterocycles. The summed E-state index contributed by atoms with van der Waals surface area (Å²) in [5.41, 5.74) is 1.88. The minimum absolute atomic E-state index is 0.0000453. The van der Waals surface area contributed by atoms with Crippen molar-refractivity contribution in [3.63, 3.8) is 0 Å². The molecule has 4 nitrogen and oxygen atoms in total. The summed E-state index contributed by atoms with van der Waals surface area (Å²) in [5, 5.41) is 0. The lowest BCUT2D eigenvalue weighted by atomic mass is 10.2. The Morgan fingerprint density at radius 2 is 1.81 bits per heavy atom. The Hall–Kier alpha value is -2.49. The van der Waals surface area contributed by atoms with Gasteiger partial charge in [-0.1, -0.05) is 12.1 Å². The largest absolute Gasteiger partial charge is 0.497 e. The second kappa shape index (κ2) is 6.79. The summed E-state index contributed by atoms with van der Waals surface area (Å²) in [6, 6.07) is 15.2. The van der Waals surface area contributed by atoms with Gasteiger partial charge in [-0.2, -0.15) is 0 Å².